The van der Waals surface area contributed by atoms with Crippen LogP contribution in [0.2, 0.25) is 0 Å². The van der Waals surface area contributed by atoms with E-state index in [1.54, 1.807) is 6.92 Å². The minimum absolute atomic E-state index is 0.0802. The van der Waals surface area contributed by atoms with E-state index in [2.05, 4.69) is 10.6 Å². The van der Waals surface area contributed by atoms with Gasteiger partial charge in [-0.15, -0.1) is 0 Å². The number of carbonyl (C=O) groups excluding carboxylic acids is 2. The molecule has 0 aromatic heterocycles. The average molecular weight is 232 g/mol. The van der Waals surface area contributed by atoms with Gasteiger partial charge in [-0.05, 0) is 0 Å². The third kappa shape index (κ3) is 7.19. The van der Waals surface area contributed by atoms with E-state index in [1.165, 1.54) is 7.11 Å². The second-order valence-electron chi connectivity index (χ2n) is 3.36. The van der Waals surface area contributed by atoms with Crippen LogP contribution in [-0.4, -0.2) is 49.8 Å². The summed E-state index contributed by atoms with van der Waals surface area (Å²) in [5.74, 6) is -0.295. The lowest BCUT2D eigenvalue weighted by Gasteiger charge is -2.15. The quantitative estimate of drug-likeness (QED) is 0.502. The van der Waals surface area contributed by atoms with Gasteiger partial charge in [-0.2, -0.15) is 0 Å². The van der Waals surface area contributed by atoms with Crippen LogP contribution in [0.3, 0.4) is 0 Å². The summed E-state index contributed by atoms with van der Waals surface area (Å²) in [7, 11) is 1.50. The topological polar surface area (TPSA) is 87.7 Å². The molecule has 94 valence electrons. The van der Waals surface area contributed by atoms with Crippen molar-refractivity contribution in [2.45, 2.75) is 25.8 Å². The van der Waals surface area contributed by atoms with Crippen molar-refractivity contribution in [1.29, 1.82) is 0 Å². The zero-order chi connectivity index (χ0) is 12.4. The van der Waals surface area contributed by atoms with E-state index >= 15 is 0 Å². The molecular weight excluding hydrogens is 212 g/mol. The first-order valence-corrected chi connectivity index (χ1v) is 5.29. The fraction of sp³-hybridized carbons (Fsp3) is 0.800. The Bertz CT molecular complexity index is 221. The number of aliphatic hydroxyl groups is 1. The molecule has 0 spiro atoms. The molecule has 0 radical (unpaired) electrons. The molecule has 6 heteroatoms. The molecule has 2 amide bonds. The Morgan fingerprint density at radius 1 is 1.38 bits per heavy atom. The van der Waals surface area contributed by atoms with E-state index < -0.39 is 0 Å². The summed E-state index contributed by atoms with van der Waals surface area (Å²) in [6, 6.07) is -0.389. The molecule has 0 saturated carbocycles. The summed E-state index contributed by atoms with van der Waals surface area (Å²) in [6.07, 6.45) is 0.608. The van der Waals surface area contributed by atoms with Gasteiger partial charge >= 0.3 is 0 Å². The second-order valence-corrected chi connectivity index (χ2v) is 3.36. The van der Waals surface area contributed by atoms with E-state index in [-0.39, 0.29) is 37.5 Å². The lowest BCUT2D eigenvalue weighted by molar-refractivity contribution is -0.123. The Morgan fingerprint density at radius 2 is 2.06 bits per heavy atom. The number of ether oxygens (including phenoxy) is 1. The first-order chi connectivity index (χ1) is 7.63. The second kappa shape index (κ2) is 9.11. The Morgan fingerprint density at radius 3 is 2.56 bits per heavy atom. The van der Waals surface area contributed by atoms with Crippen LogP contribution in [0, 0.1) is 0 Å². The molecule has 0 heterocycles. The smallest absolute Gasteiger partial charge is 0.222 e. The highest BCUT2D eigenvalue weighted by molar-refractivity contribution is 5.78. The number of carbonyl (C=O) groups is 2. The van der Waals surface area contributed by atoms with Crippen molar-refractivity contribution < 1.29 is 19.4 Å². The highest BCUT2D eigenvalue weighted by atomic mass is 16.5. The highest BCUT2D eigenvalue weighted by Gasteiger charge is 2.10. The molecule has 0 saturated heterocycles. The molecule has 0 aliphatic carbocycles. The first-order valence-electron chi connectivity index (χ1n) is 5.29. The maximum Gasteiger partial charge on any atom is 0.222 e. The maximum absolute atomic E-state index is 11.3. The Kier molecular flexibility index (Phi) is 8.46. The number of aliphatic hydroxyl groups excluding tert-OH is 1. The van der Waals surface area contributed by atoms with Gasteiger partial charge in [-0.3, -0.25) is 9.59 Å². The summed E-state index contributed by atoms with van der Waals surface area (Å²) >= 11 is 0. The average Bonchev–Trinajstić information content (AvgIpc) is 2.28. The number of nitrogens with one attached hydrogen (secondary N) is 2. The maximum atomic E-state index is 11.3. The highest BCUT2D eigenvalue weighted by Crippen LogP contribution is 1.86. The number of methoxy groups -OCH3 is 1. The van der Waals surface area contributed by atoms with Crippen LogP contribution in [0.5, 0.6) is 0 Å². The van der Waals surface area contributed by atoms with Gasteiger partial charge in [0.15, 0.2) is 0 Å². The van der Waals surface area contributed by atoms with Crippen LogP contribution in [0.15, 0.2) is 0 Å². The Balaban J connectivity index is 3.68. The third-order valence-corrected chi connectivity index (χ3v) is 1.95. The SMILES string of the molecule is CCC(=O)NCCC(=O)NC(CO)COC. The van der Waals surface area contributed by atoms with Crippen molar-refractivity contribution in [3.63, 3.8) is 0 Å². The molecule has 0 aliphatic heterocycles. The molecular formula is C10H20N2O4. The van der Waals surface area contributed by atoms with E-state index in [9.17, 15) is 9.59 Å². The van der Waals surface area contributed by atoms with Gasteiger partial charge in [0.25, 0.3) is 0 Å². The zero-order valence-electron chi connectivity index (χ0n) is 9.78. The van der Waals surface area contributed by atoms with Crippen LogP contribution >= 0.6 is 0 Å². The summed E-state index contributed by atoms with van der Waals surface area (Å²) < 4.78 is 4.81. The van der Waals surface area contributed by atoms with Crippen LogP contribution in [0.4, 0.5) is 0 Å². The van der Waals surface area contributed by atoms with E-state index in [4.69, 9.17) is 9.84 Å². The third-order valence-electron chi connectivity index (χ3n) is 1.95. The van der Waals surface area contributed by atoms with Gasteiger partial charge in [0.2, 0.25) is 11.8 Å². The van der Waals surface area contributed by atoms with Gasteiger partial charge in [0.1, 0.15) is 0 Å². The molecule has 0 aromatic carbocycles. The number of rotatable bonds is 8. The van der Waals surface area contributed by atoms with Crippen molar-refractivity contribution in [2.75, 3.05) is 26.9 Å². The zero-order valence-corrected chi connectivity index (χ0v) is 9.78. The number of amides is 2. The van der Waals surface area contributed by atoms with Crippen LogP contribution in [0.1, 0.15) is 19.8 Å². The van der Waals surface area contributed by atoms with E-state index in [1.807, 2.05) is 0 Å². The normalized spacial score (nSPS) is 11.9. The predicted octanol–water partition coefficient (Wildman–Crippen LogP) is -0.974. The summed E-state index contributed by atoms with van der Waals surface area (Å²) in [5, 5.41) is 14.1. The standard InChI is InChI=1S/C10H20N2O4/c1-3-9(14)11-5-4-10(15)12-8(6-13)7-16-2/h8,13H,3-7H2,1-2H3,(H,11,14)(H,12,15). The summed E-state index contributed by atoms with van der Waals surface area (Å²) in [6.45, 7) is 2.16. The Hall–Kier alpha value is -1.14. The van der Waals surface area contributed by atoms with Crippen molar-refractivity contribution in [2.24, 2.45) is 0 Å². The van der Waals surface area contributed by atoms with Crippen LogP contribution < -0.4 is 10.6 Å². The van der Waals surface area contributed by atoms with Crippen molar-refractivity contribution in [3.05, 3.63) is 0 Å². The largest absolute Gasteiger partial charge is 0.394 e. The van der Waals surface area contributed by atoms with E-state index in [0.717, 1.165) is 0 Å². The van der Waals surface area contributed by atoms with Crippen molar-refractivity contribution >= 4 is 11.8 Å². The van der Waals surface area contributed by atoms with Gasteiger partial charge < -0.3 is 20.5 Å². The predicted molar refractivity (Wildman–Crippen MR) is 58.8 cm³/mol. The Labute approximate surface area is 95.4 Å². The van der Waals surface area contributed by atoms with Gasteiger partial charge in [0, 0.05) is 26.5 Å². The molecule has 1 unspecified atom stereocenters. The minimum Gasteiger partial charge on any atom is -0.394 e. The molecule has 0 bridgehead atoms. The molecule has 0 aromatic rings. The molecule has 0 fully saturated rings. The first kappa shape index (κ1) is 14.9. The summed E-state index contributed by atoms with van der Waals surface area (Å²) in [5.41, 5.74) is 0. The summed E-state index contributed by atoms with van der Waals surface area (Å²) in [4.78, 5) is 22.2. The lowest BCUT2D eigenvalue weighted by atomic mass is 10.3. The lowest BCUT2D eigenvalue weighted by Crippen LogP contribution is -2.41. The number of hydrogen-bond donors (Lipinski definition) is 3. The molecule has 0 aliphatic rings. The molecule has 0 rings (SSSR count). The van der Waals surface area contributed by atoms with Crippen LogP contribution in [0.25, 0.3) is 0 Å². The molecule has 3 N–H and O–H groups in total. The van der Waals surface area contributed by atoms with Gasteiger partial charge in [-0.25, -0.2) is 0 Å². The fourth-order valence-corrected chi connectivity index (χ4v) is 1.08. The van der Waals surface area contributed by atoms with Gasteiger partial charge in [-0.1, -0.05) is 6.92 Å². The van der Waals surface area contributed by atoms with Crippen molar-refractivity contribution in [3.8, 4) is 0 Å². The molecule has 6 nitrogen and oxygen atoms in total. The fourth-order valence-electron chi connectivity index (χ4n) is 1.08. The van der Waals surface area contributed by atoms with Crippen molar-refractivity contribution in [1.82, 2.24) is 10.6 Å². The molecule has 1 atom stereocenters. The van der Waals surface area contributed by atoms with Crippen LogP contribution in [-0.2, 0) is 14.3 Å². The van der Waals surface area contributed by atoms with Gasteiger partial charge in [0.05, 0.1) is 19.3 Å². The monoisotopic (exact) mass is 232 g/mol. The molecule has 16 heavy (non-hydrogen) atoms. The minimum atomic E-state index is -0.389. The number of hydrogen-bond acceptors (Lipinski definition) is 4. The van der Waals surface area contributed by atoms with E-state index in [0.29, 0.717) is 13.0 Å².